The van der Waals surface area contributed by atoms with E-state index in [2.05, 4.69) is 27.3 Å². The Kier molecular flexibility index (Phi) is 3.49. The van der Waals surface area contributed by atoms with Crippen molar-refractivity contribution in [1.82, 2.24) is 14.7 Å². The zero-order valence-electron chi connectivity index (χ0n) is 6.89. The molecular formula is C6H9N3O2S2. The fourth-order valence-corrected chi connectivity index (χ4v) is 1.65. The molecule has 72 valence electrons. The van der Waals surface area contributed by atoms with Gasteiger partial charge in [-0.1, -0.05) is 0 Å². The van der Waals surface area contributed by atoms with Crippen molar-refractivity contribution < 1.29 is 9.90 Å². The van der Waals surface area contributed by atoms with Crippen molar-refractivity contribution in [3.63, 3.8) is 0 Å². The average molecular weight is 219 g/mol. The third-order valence-electron chi connectivity index (χ3n) is 1.27. The molecule has 1 aromatic heterocycles. The van der Waals surface area contributed by atoms with Gasteiger partial charge in [0, 0.05) is 6.54 Å². The van der Waals surface area contributed by atoms with Gasteiger partial charge in [-0.15, -0.1) is 0 Å². The molecule has 0 aliphatic carbocycles. The van der Waals surface area contributed by atoms with E-state index in [-0.39, 0.29) is 11.8 Å². The van der Waals surface area contributed by atoms with Gasteiger partial charge in [0.05, 0.1) is 5.25 Å². The van der Waals surface area contributed by atoms with Crippen LogP contribution in [0.15, 0.2) is 0 Å². The van der Waals surface area contributed by atoms with E-state index in [0.717, 1.165) is 5.01 Å². The molecule has 0 radical (unpaired) electrons. The summed E-state index contributed by atoms with van der Waals surface area (Å²) in [4.78, 5) is 14.2. The first-order valence-electron chi connectivity index (χ1n) is 3.54. The number of carboxylic acid groups (broad SMARTS) is 1. The number of hydrogen-bond acceptors (Lipinski definition) is 5. The Morgan fingerprint density at radius 2 is 2.54 bits per heavy atom. The fourth-order valence-electron chi connectivity index (χ4n) is 0.720. The lowest BCUT2D eigenvalue weighted by Gasteiger charge is -2.05. The van der Waals surface area contributed by atoms with Gasteiger partial charge in [-0.25, -0.2) is 9.78 Å². The fraction of sp³-hybridized carbons (Fsp3) is 0.500. The van der Waals surface area contributed by atoms with E-state index in [1.54, 1.807) is 6.92 Å². The minimum absolute atomic E-state index is 0.220. The summed E-state index contributed by atoms with van der Waals surface area (Å²) in [7, 11) is 0. The molecule has 0 aromatic carbocycles. The van der Waals surface area contributed by atoms with Crippen LogP contribution in [0.5, 0.6) is 0 Å². The van der Waals surface area contributed by atoms with E-state index < -0.39 is 6.09 Å². The monoisotopic (exact) mass is 219 g/mol. The SMILES string of the molecule is Cc1nsc(C(S)CNC(=O)O)n1. The quantitative estimate of drug-likeness (QED) is 0.665. The molecule has 5 nitrogen and oxygen atoms in total. The number of hydrogen-bond donors (Lipinski definition) is 3. The summed E-state index contributed by atoms with van der Waals surface area (Å²) in [6.07, 6.45) is -1.06. The van der Waals surface area contributed by atoms with Gasteiger partial charge in [0.1, 0.15) is 10.8 Å². The Labute approximate surface area is 84.8 Å². The Morgan fingerprint density at radius 1 is 1.85 bits per heavy atom. The van der Waals surface area contributed by atoms with Crippen molar-refractivity contribution in [1.29, 1.82) is 0 Å². The van der Waals surface area contributed by atoms with Crippen LogP contribution in [0.2, 0.25) is 0 Å². The lowest BCUT2D eigenvalue weighted by atomic mass is 10.4. The first-order chi connectivity index (χ1) is 6.09. The zero-order valence-corrected chi connectivity index (χ0v) is 8.60. The van der Waals surface area contributed by atoms with Crippen molar-refractivity contribution in [3.8, 4) is 0 Å². The molecule has 13 heavy (non-hydrogen) atoms. The van der Waals surface area contributed by atoms with Gasteiger partial charge in [0.25, 0.3) is 0 Å². The van der Waals surface area contributed by atoms with Gasteiger partial charge in [-0.2, -0.15) is 17.0 Å². The normalized spacial score (nSPS) is 12.5. The molecule has 0 spiro atoms. The van der Waals surface area contributed by atoms with Gasteiger partial charge >= 0.3 is 6.09 Å². The van der Waals surface area contributed by atoms with Gasteiger partial charge in [0.2, 0.25) is 0 Å². The zero-order chi connectivity index (χ0) is 9.84. The summed E-state index contributed by atoms with van der Waals surface area (Å²) in [5.41, 5.74) is 0. The number of nitrogens with zero attached hydrogens (tertiary/aromatic N) is 2. The average Bonchev–Trinajstić information content (AvgIpc) is 2.47. The van der Waals surface area contributed by atoms with Crippen LogP contribution >= 0.6 is 24.2 Å². The van der Waals surface area contributed by atoms with Crippen molar-refractivity contribution in [2.45, 2.75) is 12.2 Å². The van der Waals surface area contributed by atoms with Crippen LogP contribution in [0.4, 0.5) is 4.79 Å². The van der Waals surface area contributed by atoms with E-state index >= 15 is 0 Å². The highest BCUT2D eigenvalue weighted by Gasteiger charge is 2.11. The molecular weight excluding hydrogens is 210 g/mol. The van der Waals surface area contributed by atoms with Crippen LogP contribution in [0.3, 0.4) is 0 Å². The smallest absolute Gasteiger partial charge is 0.404 e. The Bertz CT molecular complexity index is 302. The molecule has 1 heterocycles. The predicted octanol–water partition coefficient (Wildman–Crippen LogP) is 1.09. The molecule has 0 bridgehead atoms. The van der Waals surface area contributed by atoms with E-state index in [1.807, 2.05) is 0 Å². The van der Waals surface area contributed by atoms with E-state index in [4.69, 9.17) is 5.11 Å². The van der Waals surface area contributed by atoms with E-state index in [0.29, 0.717) is 5.82 Å². The largest absolute Gasteiger partial charge is 0.465 e. The number of carbonyl (C=O) groups is 1. The Hall–Kier alpha value is -0.820. The van der Waals surface area contributed by atoms with Gasteiger partial charge < -0.3 is 10.4 Å². The Morgan fingerprint density at radius 3 is 3.00 bits per heavy atom. The summed E-state index contributed by atoms with van der Waals surface area (Å²) < 4.78 is 3.97. The highest BCUT2D eigenvalue weighted by atomic mass is 32.1. The summed E-state index contributed by atoms with van der Waals surface area (Å²) in [5.74, 6) is 0.689. The molecule has 7 heteroatoms. The number of aryl methyl sites for hydroxylation is 1. The van der Waals surface area contributed by atoms with Crippen molar-refractivity contribution in [2.75, 3.05) is 6.54 Å². The van der Waals surface area contributed by atoms with Crippen LogP contribution < -0.4 is 5.32 Å². The molecule has 1 unspecified atom stereocenters. The summed E-state index contributed by atoms with van der Waals surface area (Å²) in [5, 5.41) is 11.1. The number of nitrogens with one attached hydrogen (secondary N) is 1. The predicted molar refractivity (Wildman–Crippen MR) is 52.4 cm³/mol. The Balaban J connectivity index is 2.48. The summed E-state index contributed by atoms with van der Waals surface area (Å²) in [6.45, 7) is 2.03. The number of rotatable bonds is 3. The number of aromatic nitrogens is 2. The lowest BCUT2D eigenvalue weighted by Crippen LogP contribution is -2.24. The molecule has 0 saturated heterocycles. The van der Waals surface area contributed by atoms with Crippen LogP contribution in [-0.2, 0) is 0 Å². The maximum atomic E-state index is 10.2. The third-order valence-corrected chi connectivity index (χ3v) is 2.80. The van der Waals surface area contributed by atoms with E-state index in [1.165, 1.54) is 11.5 Å². The molecule has 2 N–H and O–H groups in total. The van der Waals surface area contributed by atoms with Gasteiger partial charge in [0.15, 0.2) is 0 Å². The van der Waals surface area contributed by atoms with Crippen LogP contribution in [-0.4, -0.2) is 27.1 Å². The topological polar surface area (TPSA) is 75.1 Å². The second kappa shape index (κ2) is 4.43. The molecule has 0 aliphatic rings. The molecule has 1 rings (SSSR count). The molecule has 1 amide bonds. The molecule has 0 aliphatic heterocycles. The lowest BCUT2D eigenvalue weighted by molar-refractivity contribution is 0.194. The van der Waals surface area contributed by atoms with Crippen molar-refractivity contribution in [2.24, 2.45) is 0 Å². The summed E-state index contributed by atoms with van der Waals surface area (Å²) >= 11 is 5.43. The van der Waals surface area contributed by atoms with Gasteiger partial charge in [-0.3, -0.25) is 0 Å². The minimum Gasteiger partial charge on any atom is -0.465 e. The maximum absolute atomic E-state index is 10.2. The van der Waals surface area contributed by atoms with Crippen molar-refractivity contribution >= 4 is 30.3 Å². The second-order valence-corrected chi connectivity index (χ2v) is 3.79. The van der Waals surface area contributed by atoms with Crippen LogP contribution in [0.1, 0.15) is 16.1 Å². The summed E-state index contributed by atoms with van der Waals surface area (Å²) in [6, 6.07) is 0. The first kappa shape index (κ1) is 10.3. The second-order valence-electron chi connectivity index (χ2n) is 2.38. The van der Waals surface area contributed by atoms with Crippen LogP contribution in [0, 0.1) is 6.92 Å². The molecule has 0 saturated carbocycles. The maximum Gasteiger partial charge on any atom is 0.404 e. The standard InChI is InChI=1S/C6H9N3O2S2/c1-3-8-5(13-9-3)4(12)2-7-6(10)11/h4,7,12H,2H2,1H3,(H,10,11). The highest BCUT2D eigenvalue weighted by Crippen LogP contribution is 2.20. The number of thiol groups is 1. The van der Waals surface area contributed by atoms with Gasteiger partial charge in [-0.05, 0) is 18.5 Å². The van der Waals surface area contributed by atoms with E-state index in [9.17, 15) is 4.79 Å². The number of amides is 1. The first-order valence-corrected chi connectivity index (χ1v) is 4.83. The van der Waals surface area contributed by atoms with Crippen molar-refractivity contribution in [3.05, 3.63) is 10.8 Å². The molecule has 1 aromatic rings. The molecule has 0 fully saturated rings. The highest BCUT2D eigenvalue weighted by molar-refractivity contribution is 7.80. The molecule has 1 atom stereocenters. The van der Waals surface area contributed by atoms with Crippen LogP contribution in [0.25, 0.3) is 0 Å². The minimum atomic E-state index is -1.06. The third kappa shape index (κ3) is 3.19.